The standard InChI is InChI=1S/C11H14N2O4/c1-7-4-3-5-9(10(7)13(16)17)11(15)12-6-8(2)14/h3-5,8,14H,6H2,1-2H3,(H,12,15). The van der Waals surface area contributed by atoms with Gasteiger partial charge in [-0.3, -0.25) is 14.9 Å². The molecule has 0 fully saturated rings. The summed E-state index contributed by atoms with van der Waals surface area (Å²) in [5.41, 5.74) is 0.242. The van der Waals surface area contributed by atoms with E-state index in [1.807, 2.05) is 0 Å². The number of para-hydroxylation sites is 1. The number of nitro benzene ring substituents is 1. The molecule has 0 saturated heterocycles. The highest BCUT2D eigenvalue weighted by Crippen LogP contribution is 2.22. The first kappa shape index (κ1) is 13.1. The zero-order valence-corrected chi connectivity index (χ0v) is 9.64. The predicted molar refractivity (Wildman–Crippen MR) is 61.8 cm³/mol. The van der Waals surface area contributed by atoms with Gasteiger partial charge in [-0.2, -0.15) is 0 Å². The van der Waals surface area contributed by atoms with Crippen molar-refractivity contribution in [1.29, 1.82) is 0 Å². The Labute approximate surface area is 98.4 Å². The molecule has 0 aliphatic heterocycles. The second kappa shape index (κ2) is 5.40. The molecule has 0 aliphatic rings. The van der Waals surface area contributed by atoms with Crippen LogP contribution in [0.1, 0.15) is 22.8 Å². The van der Waals surface area contributed by atoms with Crippen molar-refractivity contribution in [1.82, 2.24) is 5.32 Å². The van der Waals surface area contributed by atoms with Crippen molar-refractivity contribution in [2.24, 2.45) is 0 Å². The van der Waals surface area contributed by atoms with Crippen LogP contribution in [0.15, 0.2) is 18.2 Å². The third kappa shape index (κ3) is 3.25. The Bertz CT molecular complexity index is 443. The number of aliphatic hydroxyl groups is 1. The molecule has 6 heteroatoms. The number of nitrogens with one attached hydrogen (secondary N) is 1. The summed E-state index contributed by atoms with van der Waals surface area (Å²) in [7, 11) is 0. The molecule has 1 amide bonds. The lowest BCUT2D eigenvalue weighted by molar-refractivity contribution is -0.385. The van der Waals surface area contributed by atoms with Crippen LogP contribution in [0.25, 0.3) is 0 Å². The van der Waals surface area contributed by atoms with E-state index >= 15 is 0 Å². The molecule has 0 saturated carbocycles. The summed E-state index contributed by atoms with van der Waals surface area (Å²) in [5, 5.41) is 22.3. The average molecular weight is 238 g/mol. The van der Waals surface area contributed by atoms with Gasteiger partial charge in [0, 0.05) is 12.1 Å². The number of carbonyl (C=O) groups is 1. The predicted octanol–water partition coefficient (Wildman–Crippen LogP) is 1.01. The molecule has 6 nitrogen and oxygen atoms in total. The fraction of sp³-hybridized carbons (Fsp3) is 0.364. The molecule has 0 spiro atoms. The van der Waals surface area contributed by atoms with Crippen LogP contribution in [0.3, 0.4) is 0 Å². The van der Waals surface area contributed by atoms with Gasteiger partial charge in [-0.15, -0.1) is 0 Å². The fourth-order valence-electron chi connectivity index (χ4n) is 1.42. The maximum absolute atomic E-state index is 11.7. The molecule has 0 aromatic heterocycles. The largest absolute Gasteiger partial charge is 0.392 e. The molecule has 0 aliphatic carbocycles. The maximum atomic E-state index is 11.7. The quantitative estimate of drug-likeness (QED) is 0.605. The summed E-state index contributed by atoms with van der Waals surface area (Å²) in [6.07, 6.45) is -0.692. The monoisotopic (exact) mass is 238 g/mol. The highest BCUT2D eigenvalue weighted by Gasteiger charge is 2.22. The first-order valence-electron chi connectivity index (χ1n) is 5.13. The Morgan fingerprint density at radius 3 is 2.76 bits per heavy atom. The van der Waals surface area contributed by atoms with Gasteiger partial charge < -0.3 is 10.4 Å². The van der Waals surface area contributed by atoms with E-state index in [0.717, 1.165) is 0 Å². The zero-order chi connectivity index (χ0) is 13.0. The number of aliphatic hydroxyl groups excluding tert-OH is 1. The molecule has 2 N–H and O–H groups in total. The van der Waals surface area contributed by atoms with Gasteiger partial charge in [0.2, 0.25) is 0 Å². The molecule has 0 radical (unpaired) electrons. The van der Waals surface area contributed by atoms with Crippen molar-refractivity contribution in [3.05, 3.63) is 39.4 Å². The summed E-state index contributed by atoms with van der Waals surface area (Å²) in [4.78, 5) is 22.0. The van der Waals surface area contributed by atoms with Crippen molar-refractivity contribution in [2.75, 3.05) is 6.54 Å². The van der Waals surface area contributed by atoms with Crippen LogP contribution in [0.2, 0.25) is 0 Å². The zero-order valence-electron chi connectivity index (χ0n) is 9.64. The normalized spacial score (nSPS) is 11.9. The molecule has 1 atom stereocenters. The van der Waals surface area contributed by atoms with Gasteiger partial charge in [-0.1, -0.05) is 12.1 Å². The van der Waals surface area contributed by atoms with E-state index in [1.165, 1.54) is 13.0 Å². The summed E-state index contributed by atoms with van der Waals surface area (Å²) in [6.45, 7) is 3.15. The molecule has 1 aromatic carbocycles. The number of hydrogen-bond acceptors (Lipinski definition) is 4. The summed E-state index contributed by atoms with van der Waals surface area (Å²) in [5.74, 6) is -0.554. The van der Waals surface area contributed by atoms with Gasteiger partial charge in [-0.25, -0.2) is 0 Å². The van der Waals surface area contributed by atoms with Gasteiger partial charge >= 0.3 is 0 Å². The van der Waals surface area contributed by atoms with E-state index < -0.39 is 16.9 Å². The maximum Gasteiger partial charge on any atom is 0.285 e. The molecule has 92 valence electrons. The summed E-state index contributed by atoms with van der Waals surface area (Å²) >= 11 is 0. The number of nitrogens with zero attached hydrogens (tertiary/aromatic N) is 1. The van der Waals surface area contributed by atoms with Crippen molar-refractivity contribution in [2.45, 2.75) is 20.0 Å². The minimum atomic E-state index is -0.692. The second-order valence-corrected chi connectivity index (χ2v) is 3.79. The van der Waals surface area contributed by atoms with E-state index in [0.29, 0.717) is 5.56 Å². The van der Waals surface area contributed by atoms with Crippen LogP contribution in [-0.2, 0) is 0 Å². The summed E-state index contributed by atoms with van der Waals surface area (Å²) in [6, 6.07) is 4.55. The minimum absolute atomic E-state index is 0.00986. The first-order valence-corrected chi connectivity index (χ1v) is 5.13. The van der Waals surface area contributed by atoms with E-state index in [4.69, 9.17) is 5.11 Å². The second-order valence-electron chi connectivity index (χ2n) is 3.79. The number of carbonyl (C=O) groups excluding carboxylic acids is 1. The third-order valence-corrected chi connectivity index (χ3v) is 2.22. The minimum Gasteiger partial charge on any atom is -0.392 e. The Morgan fingerprint density at radius 2 is 2.24 bits per heavy atom. The molecule has 0 heterocycles. The number of nitro groups is 1. The number of hydrogen-bond donors (Lipinski definition) is 2. The molecule has 1 unspecified atom stereocenters. The van der Waals surface area contributed by atoms with Gasteiger partial charge in [0.05, 0.1) is 11.0 Å². The van der Waals surface area contributed by atoms with Gasteiger partial charge in [0.15, 0.2) is 0 Å². The number of amides is 1. The average Bonchev–Trinajstić information content (AvgIpc) is 2.24. The lowest BCUT2D eigenvalue weighted by atomic mass is 10.1. The number of rotatable bonds is 4. The lowest BCUT2D eigenvalue weighted by Gasteiger charge is -2.08. The Morgan fingerprint density at radius 1 is 1.59 bits per heavy atom. The molecular formula is C11H14N2O4. The molecular weight excluding hydrogens is 224 g/mol. The number of aryl methyl sites for hydroxylation is 1. The van der Waals surface area contributed by atoms with E-state index in [9.17, 15) is 14.9 Å². The van der Waals surface area contributed by atoms with Crippen LogP contribution >= 0.6 is 0 Å². The molecule has 0 bridgehead atoms. The van der Waals surface area contributed by atoms with Crippen LogP contribution in [0.4, 0.5) is 5.69 Å². The van der Waals surface area contributed by atoms with Crippen molar-refractivity contribution >= 4 is 11.6 Å². The third-order valence-electron chi connectivity index (χ3n) is 2.22. The molecule has 1 aromatic rings. The highest BCUT2D eigenvalue weighted by molar-refractivity contribution is 5.98. The van der Waals surface area contributed by atoms with Crippen LogP contribution in [0, 0.1) is 17.0 Å². The fourth-order valence-corrected chi connectivity index (χ4v) is 1.42. The SMILES string of the molecule is Cc1cccc(C(=O)NCC(C)O)c1[N+](=O)[O-]. The van der Waals surface area contributed by atoms with Crippen molar-refractivity contribution in [3.8, 4) is 0 Å². The van der Waals surface area contributed by atoms with Crippen LogP contribution in [-0.4, -0.2) is 28.6 Å². The van der Waals surface area contributed by atoms with E-state index in [2.05, 4.69) is 5.32 Å². The first-order chi connectivity index (χ1) is 7.93. The topological polar surface area (TPSA) is 92.5 Å². The van der Waals surface area contributed by atoms with E-state index in [-0.39, 0.29) is 17.8 Å². The summed E-state index contributed by atoms with van der Waals surface area (Å²) < 4.78 is 0. The Balaban J connectivity index is 3.01. The van der Waals surface area contributed by atoms with Gasteiger partial charge in [-0.05, 0) is 19.9 Å². The lowest BCUT2D eigenvalue weighted by Crippen LogP contribution is -2.31. The number of benzene rings is 1. The highest BCUT2D eigenvalue weighted by atomic mass is 16.6. The molecule has 1 rings (SSSR count). The van der Waals surface area contributed by atoms with Crippen LogP contribution in [0.5, 0.6) is 0 Å². The van der Waals surface area contributed by atoms with Gasteiger partial charge in [0.25, 0.3) is 11.6 Å². The Hall–Kier alpha value is -1.95. The van der Waals surface area contributed by atoms with E-state index in [1.54, 1.807) is 19.1 Å². The molecule has 17 heavy (non-hydrogen) atoms. The van der Waals surface area contributed by atoms with Crippen LogP contribution < -0.4 is 5.32 Å². The Kier molecular flexibility index (Phi) is 4.17. The smallest absolute Gasteiger partial charge is 0.285 e. The van der Waals surface area contributed by atoms with Crippen molar-refractivity contribution < 1.29 is 14.8 Å². The van der Waals surface area contributed by atoms with Gasteiger partial charge in [0.1, 0.15) is 5.56 Å². The van der Waals surface area contributed by atoms with Crippen molar-refractivity contribution in [3.63, 3.8) is 0 Å².